The highest BCUT2D eigenvalue weighted by Crippen LogP contribution is 2.22. The number of rotatable bonds is 7. The standard InChI is InChI=1S/C17H26O/c1-5-7-11-15(6-2)12-16(18)17-13(3)9-8-10-14(17)4/h8-10,15H,5-7,11-12H2,1-4H3. The maximum atomic E-state index is 12.4. The van der Waals surface area contributed by atoms with Crippen molar-refractivity contribution in [1.29, 1.82) is 0 Å². The Morgan fingerprint density at radius 2 is 1.78 bits per heavy atom. The van der Waals surface area contributed by atoms with Crippen LogP contribution in [0.5, 0.6) is 0 Å². The molecule has 0 aromatic heterocycles. The summed E-state index contributed by atoms with van der Waals surface area (Å²) < 4.78 is 0. The van der Waals surface area contributed by atoms with Gasteiger partial charge in [-0.2, -0.15) is 0 Å². The summed E-state index contributed by atoms with van der Waals surface area (Å²) in [7, 11) is 0. The molecule has 18 heavy (non-hydrogen) atoms. The van der Waals surface area contributed by atoms with Gasteiger partial charge in [-0.25, -0.2) is 0 Å². The zero-order valence-corrected chi connectivity index (χ0v) is 12.3. The van der Waals surface area contributed by atoms with Crippen molar-refractivity contribution in [3.05, 3.63) is 34.9 Å². The van der Waals surface area contributed by atoms with Gasteiger partial charge in [0.1, 0.15) is 0 Å². The van der Waals surface area contributed by atoms with Crippen LogP contribution in [0, 0.1) is 19.8 Å². The Kier molecular flexibility index (Phi) is 6.11. The van der Waals surface area contributed by atoms with Gasteiger partial charge < -0.3 is 0 Å². The normalized spacial score (nSPS) is 12.4. The molecular formula is C17H26O. The van der Waals surface area contributed by atoms with E-state index in [1.54, 1.807) is 0 Å². The zero-order valence-electron chi connectivity index (χ0n) is 12.3. The molecule has 0 saturated carbocycles. The van der Waals surface area contributed by atoms with E-state index in [0.717, 1.165) is 23.1 Å². The zero-order chi connectivity index (χ0) is 13.5. The number of carbonyl (C=O) groups excluding carboxylic acids is 1. The first-order chi connectivity index (χ1) is 8.60. The summed E-state index contributed by atoms with van der Waals surface area (Å²) in [4.78, 5) is 12.4. The average Bonchev–Trinajstić information content (AvgIpc) is 2.34. The molecule has 100 valence electrons. The van der Waals surface area contributed by atoms with Gasteiger partial charge in [0.2, 0.25) is 0 Å². The molecule has 0 heterocycles. The molecule has 0 aliphatic carbocycles. The van der Waals surface area contributed by atoms with Crippen LogP contribution >= 0.6 is 0 Å². The van der Waals surface area contributed by atoms with Gasteiger partial charge in [-0.05, 0) is 30.9 Å². The van der Waals surface area contributed by atoms with Crippen LogP contribution in [0.2, 0.25) is 0 Å². The number of benzene rings is 1. The minimum atomic E-state index is 0.327. The summed E-state index contributed by atoms with van der Waals surface area (Å²) in [5.74, 6) is 0.880. The second-order valence-electron chi connectivity index (χ2n) is 5.31. The Hall–Kier alpha value is -1.11. The molecule has 0 aliphatic heterocycles. The fourth-order valence-corrected chi connectivity index (χ4v) is 2.56. The van der Waals surface area contributed by atoms with E-state index in [4.69, 9.17) is 0 Å². The average molecular weight is 246 g/mol. The lowest BCUT2D eigenvalue weighted by Crippen LogP contribution is -2.11. The molecule has 0 amide bonds. The molecule has 1 heteroatoms. The first kappa shape index (κ1) is 14.9. The van der Waals surface area contributed by atoms with Crippen LogP contribution in [0.3, 0.4) is 0 Å². The van der Waals surface area contributed by atoms with Gasteiger partial charge in [0.15, 0.2) is 5.78 Å². The molecule has 1 aromatic carbocycles. The first-order valence-corrected chi connectivity index (χ1v) is 7.19. The highest BCUT2D eigenvalue weighted by atomic mass is 16.1. The van der Waals surface area contributed by atoms with Crippen molar-refractivity contribution in [2.75, 3.05) is 0 Å². The molecule has 1 unspecified atom stereocenters. The molecule has 0 spiro atoms. The van der Waals surface area contributed by atoms with E-state index in [2.05, 4.69) is 13.8 Å². The van der Waals surface area contributed by atoms with Gasteiger partial charge in [-0.3, -0.25) is 4.79 Å². The van der Waals surface area contributed by atoms with E-state index in [0.29, 0.717) is 18.1 Å². The Balaban J connectivity index is 2.75. The Morgan fingerprint density at radius 1 is 1.17 bits per heavy atom. The summed E-state index contributed by atoms with van der Waals surface area (Å²) >= 11 is 0. The number of hydrogen-bond acceptors (Lipinski definition) is 1. The summed E-state index contributed by atoms with van der Waals surface area (Å²) in [6, 6.07) is 6.09. The van der Waals surface area contributed by atoms with Crippen molar-refractivity contribution in [2.45, 2.75) is 59.8 Å². The molecule has 1 atom stereocenters. The molecular weight excluding hydrogens is 220 g/mol. The number of aryl methyl sites for hydroxylation is 2. The maximum Gasteiger partial charge on any atom is 0.163 e. The molecule has 0 saturated heterocycles. The fourth-order valence-electron chi connectivity index (χ4n) is 2.56. The van der Waals surface area contributed by atoms with E-state index >= 15 is 0 Å². The topological polar surface area (TPSA) is 17.1 Å². The van der Waals surface area contributed by atoms with E-state index in [1.807, 2.05) is 32.0 Å². The SMILES string of the molecule is CCCCC(CC)CC(=O)c1c(C)cccc1C. The van der Waals surface area contributed by atoms with Crippen LogP contribution in [-0.4, -0.2) is 5.78 Å². The second kappa shape index (κ2) is 7.35. The Bertz CT molecular complexity index is 372. The smallest absolute Gasteiger partial charge is 0.163 e. The van der Waals surface area contributed by atoms with Crippen molar-refractivity contribution >= 4 is 5.78 Å². The van der Waals surface area contributed by atoms with Crippen molar-refractivity contribution in [3.8, 4) is 0 Å². The quantitative estimate of drug-likeness (QED) is 0.612. The third-order valence-corrected chi connectivity index (χ3v) is 3.78. The summed E-state index contributed by atoms with van der Waals surface area (Å²) in [5.41, 5.74) is 3.18. The number of Topliss-reactive ketones (excluding diaryl/α,β-unsaturated/α-hetero) is 1. The number of hydrogen-bond donors (Lipinski definition) is 0. The van der Waals surface area contributed by atoms with Crippen LogP contribution in [0.4, 0.5) is 0 Å². The lowest BCUT2D eigenvalue weighted by molar-refractivity contribution is 0.0956. The van der Waals surface area contributed by atoms with E-state index in [-0.39, 0.29) is 0 Å². The minimum absolute atomic E-state index is 0.327. The predicted molar refractivity (Wildman–Crippen MR) is 78.2 cm³/mol. The van der Waals surface area contributed by atoms with Crippen LogP contribution < -0.4 is 0 Å². The molecule has 1 nitrogen and oxygen atoms in total. The molecule has 0 aliphatic rings. The van der Waals surface area contributed by atoms with Crippen molar-refractivity contribution < 1.29 is 4.79 Å². The van der Waals surface area contributed by atoms with E-state index < -0.39 is 0 Å². The first-order valence-electron chi connectivity index (χ1n) is 7.19. The maximum absolute atomic E-state index is 12.4. The third kappa shape index (κ3) is 3.97. The highest BCUT2D eigenvalue weighted by molar-refractivity contribution is 5.98. The Morgan fingerprint density at radius 3 is 2.28 bits per heavy atom. The van der Waals surface area contributed by atoms with Gasteiger partial charge in [0, 0.05) is 12.0 Å². The van der Waals surface area contributed by atoms with Crippen LogP contribution in [0.15, 0.2) is 18.2 Å². The van der Waals surface area contributed by atoms with Crippen molar-refractivity contribution in [2.24, 2.45) is 5.92 Å². The summed E-state index contributed by atoms with van der Waals surface area (Å²) in [6.45, 7) is 8.47. The van der Waals surface area contributed by atoms with Crippen LogP contribution in [0.25, 0.3) is 0 Å². The van der Waals surface area contributed by atoms with Gasteiger partial charge in [-0.1, -0.05) is 57.7 Å². The van der Waals surface area contributed by atoms with E-state index in [9.17, 15) is 4.79 Å². The highest BCUT2D eigenvalue weighted by Gasteiger charge is 2.16. The van der Waals surface area contributed by atoms with Gasteiger partial charge in [-0.15, -0.1) is 0 Å². The van der Waals surface area contributed by atoms with Crippen molar-refractivity contribution in [1.82, 2.24) is 0 Å². The summed E-state index contributed by atoms with van der Waals surface area (Å²) in [6.07, 6.45) is 5.45. The Labute approximate surface area is 112 Å². The fraction of sp³-hybridized carbons (Fsp3) is 0.588. The van der Waals surface area contributed by atoms with Gasteiger partial charge in [0.05, 0.1) is 0 Å². The monoisotopic (exact) mass is 246 g/mol. The van der Waals surface area contributed by atoms with E-state index in [1.165, 1.54) is 19.3 Å². The number of unbranched alkanes of at least 4 members (excludes halogenated alkanes) is 1. The molecule has 0 N–H and O–H groups in total. The minimum Gasteiger partial charge on any atom is -0.294 e. The molecule has 0 bridgehead atoms. The lowest BCUT2D eigenvalue weighted by atomic mass is 9.89. The van der Waals surface area contributed by atoms with Gasteiger partial charge >= 0.3 is 0 Å². The molecule has 1 aromatic rings. The van der Waals surface area contributed by atoms with Crippen molar-refractivity contribution in [3.63, 3.8) is 0 Å². The second-order valence-corrected chi connectivity index (χ2v) is 5.31. The van der Waals surface area contributed by atoms with Gasteiger partial charge in [0.25, 0.3) is 0 Å². The molecule has 0 fully saturated rings. The number of carbonyl (C=O) groups is 1. The third-order valence-electron chi connectivity index (χ3n) is 3.78. The lowest BCUT2D eigenvalue weighted by Gasteiger charge is -2.15. The summed E-state index contributed by atoms with van der Waals surface area (Å²) in [5, 5.41) is 0. The number of ketones is 1. The molecule has 0 radical (unpaired) electrons. The van der Waals surface area contributed by atoms with Crippen LogP contribution in [-0.2, 0) is 0 Å². The molecule has 1 rings (SSSR count). The van der Waals surface area contributed by atoms with Crippen LogP contribution in [0.1, 0.15) is 67.4 Å². The largest absolute Gasteiger partial charge is 0.294 e. The predicted octanol–water partition coefficient (Wildman–Crippen LogP) is 5.09.